The van der Waals surface area contributed by atoms with E-state index in [1.807, 2.05) is 27.7 Å². The second kappa shape index (κ2) is 2.58. The molecule has 1 nitrogen and oxygen atoms in total. The third-order valence-electron chi connectivity index (χ3n) is 2.65. The van der Waals surface area contributed by atoms with Crippen molar-refractivity contribution in [2.24, 2.45) is 5.41 Å². The summed E-state index contributed by atoms with van der Waals surface area (Å²) in [5, 5.41) is 9.95. The van der Waals surface area contributed by atoms with Crippen LogP contribution in [0.15, 0.2) is 11.6 Å². The van der Waals surface area contributed by atoms with Crippen molar-refractivity contribution in [2.45, 2.75) is 36.5 Å². The molecule has 0 aromatic carbocycles. The summed E-state index contributed by atoms with van der Waals surface area (Å²) in [6.07, 6.45) is 2.06. The van der Waals surface area contributed by atoms with Crippen molar-refractivity contribution in [3.8, 4) is 0 Å². The van der Waals surface area contributed by atoms with E-state index in [0.29, 0.717) is 0 Å². The van der Waals surface area contributed by atoms with E-state index >= 15 is 0 Å². The van der Waals surface area contributed by atoms with E-state index in [4.69, 9.17) is 0 Å². The van der Waals surface area contributed by atoms with Crippen LogP contribution in [0.3, 0.4) is 0 Å². The van der Waals surface area contributed by atoms with Gasteiger partial charge < -0.3 is 5.11 Å². The molecule has 0 aromatic heterocycles. The van der Waals surface area contributed by atoms with Crippen LogP contribution in [0.5, 0.6) is 0 Å². The molecule has 0 aliphatic heterocycles. The first-order chi connectivity index (χ1) is 5.17. The highest BCUT2D eigenvalue weighted by Crippen LogP contribution is 2.74. The topological polar surface area (TPSA) is 20.2 Å². The summed E-state index contributed by atoms with van der Waals surface area (Å²) in [7, 11) is 0. The summed E-state index contributed by atoms with van der Waals surface area (Å²) in [6, 6.07) is 0. The van der Waals surface area contributed by atoms with Gasteiger partial charge in [0.05, 0.1) is 4.32 Å². The van der Waals surface area contributed by atoms with E-state index < -0.39 is 4.51 Å². The Kier molecular flexibility index (Phi) is 2.31. The second-order valence-corrected chi connectivity index (χ2v) is 6.58. The third kappa shape index (κ3) is 1.06. The van der Waals surface area contributed by atoms with Gasteiger partial charge in [0.2, 0.25) is 0 Å². The maximum Gasteiger partial charge on any atom is 0.145 e. The van der Waals surface area contributed by atoms with Crippen LogP contribution in [0.1, 0.15) is 27.7 Å². The lowest BCUT2D eigenvalue weighted by Gasteiger charge is -2.05. The molecule has 0 aromatic rings. The van der Waals surface area contributed by atoms with E-state index in [0.717, 1.165) is 0 Å². The molecule has 1 aliphatic rings. The fraction of sp³-hybridized carbons (Fsp3) is 0.778. The molecular formula is C9H14Br2O. The van der Waals surface area contributed by atoms with Crippen LogP contribution < -0.4 is 0 Å². The molecule has 12 heavy (non-hydrogen) atoms. The minimum atomic E-state index is -0.815. The summed E-state index contributed by atoms with van der Waals surface area (Å²) in [4.78, 5) is 0. The Bertz CT molecular complexity index is 223. The first-order valence-electron chi connectivity index (χ1n) is 3.93. The van der Waals surface area contributed by atoms with Gasteiger partial charge in [0.15, 0.2) is 0 Å². The number of allylic oxidation sites excluding steroid dienone is 1. The van der Waals surface area contributed by atoms with Crippen LogP contribution in [-0.4, -0.2) is 13.9 Å². The highest BCUT2D eigenvalue weighted by molar-refractivity contribution is 9.13. The van der Waals surface area contributed by atoms with Gasteiger partial charge in [0.25, 0.3) is 0 Å². The molecule has 2 atom stereocenters. The molecule has 70 valence electrons. The lowest BCUT2D eigenvalue weighted by atomic mass is 10.1. The molecule has 1 saturated carbocycles. The SMILES string of the molecule is CC(C)=CC1(Br)C(C)(C)C1(O)Br. The number of aliphatic hydroxyl groups is 1. The van der Waals surface area contributed by atoms with E-state index in [9.17, 15) is 5.11 Å². The molecule has 1 aliphatic carbocycles. The zero-order valence-electron chi connectivity index (χ0n) is 7.78. The minimum absolute atomic E-state index is 0.155. The maximum absolute atomic E-state index is 9.95. The molecule has 0 bridgehead atoms. The highest BCUT2D eigenvalue weighted by Gasteiger charge is 2.79. The molecule has 0 amide bonds. The van der Waals surface area contributed by atoms with E-state index in [2.05, 4.69) is 37.9 Å². The van der Waals surface area contributed by atoms with Crippen molar-refractivity contribution >= 4 is 31.9 Å². The van der Waals surface area contributed by atoms with Gasteiger partial charge in [-0.05, 0) is 13.8 Å². The first kappa shape index (κ1) is 10.7. The summed E-state index contributed by atoms with van der Waals surface area (Å²) in [5.41, 5.74) is 1.05. The average molecular weight is 298 g/mol. The first-order valence-corrected chi connectivity index (χ1v) is 5.51. The fourth-order valence-corrected chi connectivity index (χ4v) is 3.68. The Morgan fingerprint density at radius 2 is 1.58 bits per heavy atom. The summed E-state index contributed by atoms with van der Waals surface area (Å²) in [5.74, 6) is 0. The van der Waals surface area contributed by atoms with Gasteiger partial charge in [-0.3, -0.25) is 0 Å². The average Bonchev–Trinajstić information content (AvgIpc) is 2.08. The molecule has 0 heterocycles. The summed E-state index contributed by atoms with van der Waals surface area (Å²) < 4.78 is -1.13. The summed E-state index contributed by atoms with van der Waals surface area (Å²) in [6.45, 7) is 8.10. The second-order valence-electron chi connectivity index (χ2n) is 4.18. The van der Waals surface area contributed by atoms with Gasteiger partial charge in [-0.2, -0.15) is 0 Å². The number of hydrogen-bond acceptors (Lipinski definition) is 1. The van der Waals surface area contributed by atoms with Gasteiger partial charge in [-0.15, -0.1) is 0 Å². The maximum atomic E-state index is 9.95. The van der Waals surface area contributed by atoms with Crippen molar-refractivity contribution < 1.29 is 5.11 Å². The monoisotopic (exact) mass is 296 g/mol. The number of hydrogen-bond donors (Lipinski definition) is 1. The van der Waals surface area contributed by atoms with Crippen molar-refractivity contribution in [1.29, 1.82) is 0 Å². The van der Waals surface area contributed by atoms with E-state index in [1.54, 1.807) is 0 Å². The Balaban J connectivity index is 3.01. The lowest BCUT2D eigenvalue weighted by molar-refractivity contribution is 0.207. The largest absolute Gasteiger partial charge is 0.376 e. The van der Waals surface area contributed by atoms with Gasteiger partial charge >= 0.3 is 0 Å². The third-order valence-corrected chi connectivity index (χ3v) is 6.59. The van der Waals surface area contributed by atoms with E-state index in [-0.39, 0.29) is 9.74 Å². The molecular weight excluding hydrogens is 284 g/mol. The zero-order valence-corrected chi connectivity index (χ0v) is 11.0. The Labute approximate surface area is 90.5 Å². The Morgan fingerprint density at radius 3 is 1.67 bits per heavy atom. The van der Waals surface area contributed by atoms with Crippen LogP contribution in [0.2, 0.25) is 0 Å². The predicted octanol–water partition coefficient (Wildman–Crippen LogP) is 3.21. The summed E-state index contributed by atoms with van der Waals surface area (Å²) >= 11 is 6.88. The Hall–Kier alpha value is 0.660. The van der Waals surface area contributed by atoms with Crippen LogP contribution in [0.4, 0.5) is 0 Å². The molecule has 2 unspecified atom stereocenters. The lowest BCUT2D eigenvalue weighted by Crippen LogP contribution is -2.09. The normalized spacial score (nSPS) is 43.9. The van der Waals surface area contributed by atoms with Crippen molar-refractivity contribution in [2.75, 3.05) is 0 Å². The highest BCUT2D eigenvalue weighted by atomic mass is 79.9. The van der Waals surface area contributed by atoms with Crippen LogP contribution in [0.25, 0.3) is 0 Å². The van der Waals surface area contributed by atoms with Gasteiger partial charge in [-0.25, -0.2) is 0 Å². The Morgan fingerprint density at radius 1 is 1.25 bits per heavy atom. The number of alkyl halides is 2. The molecule has 1 N–H and O–H groups in total. The van der Waals surface area contributed by atoms with E-state index in [1.165, 1.54) is 5.57 Å². The number of rotatable bonds is 1. The van der Waals surface area contributed by atoms with Gasteiger partial charge in [0.1, 0.15) is 4.51 Å². The predicted molar refractivity (Wildman–Crippen MR) is 58.7 cm³/mol. The molecule has 0 saturated heterocycles. The smallest absolute Gasteiger partial charge is 0.145 e. The molecule has 0 radical (unpaired) electrons. The van der Waals surface area contributed by atoms with Crippen LogP contribution >= 0.6 is 31.9 Å². The molecule has 0 spiro atoms. The fourth-order valence-electron chi connectivity index (χ4n) is 1.45. The standard InChI is InChI=1S/C9H14Br2O/c1-6(2)5-8(10)7(3,4)9(8,11)12/h5,12H,1-4H3. The minimum Gasteiger partial charge on any atom is -0.376 e. The van der Waals surface area contributed by atoms with Crippen molar-refractivity contribution in [1.82, 2.24) is 0 Å². The zero-order chi connectivity index (χ0) is 9.78. The van der Waals surface area contributed by atoms with Crippen LogP contribution in [0, 0.1) is 5.41 Å². The molecule has 3 heteroatoms. The van der Waals surface area contributed by atoms with Gasteiger partial charge in [-0.1, -0.05) is 57.4 Å². The van der Waals surface area contributed by atoms with Gasteiger partial charge in [0, 0.05) is 5.41 Å². The van der Waals surface area contributed by atoms with Crippen molar-refractivity contribution in [3.63, 3.8) is 0 Å². The number of halogens is 2. The quantitative estimate of drug-likeness (QED) is 0.582. The molecule has 1 rings (SSSR count). The van der Waals surface area contributed by atoms with Crippen molar-refractivity contribution in [3.05, 3.63) is 11.6 Å². The molecule has 1 fully saturated rings. The van der Waals surface area contributed by atoms with Crippen LogP contribution in [-0.2, 0) is 0 Å².